The Morgan fingerprint density at radius 1 is 1.00 bits per heavy atom. The van der Waals surface area contributed by atoms with Crippen LogP contribution in [0.1, 0.15) is 0 Å². The lowest BCUT2D eigenvalue weighted by Crippen LogP contribution is -1.87. The molecule has 0 saturated heterocycles. The van der Waals surface area contributed by atoms with Gasteiger partial charge in [0.1, 0.15) is 17.7 Å². The first-order valence-electron chi connectivity index (χ1n) is 6.72. The monoisotopic (exact) mass is 275 g/mol. The van der Waals surface area contributed by atoms with E-state index in [2.05, 4.69) is 4.98 Å². The van der Waals surface area contributed by atoms with Crippen LogP contribution in [0.25, 0.3) is 27.8 Å². The predicted molar refractivity (Wildman–Crippen MR) is 82.5 cm³/mol. The lowest BCUT2D eigenvalue weighted by atomic mass is 10.2. The zero-order valence-electron chi connectivity index (χ0n) is 11.5. The van der Waals surface area contributed by atoms with E-state index in [-0.39, 0.29) is 0 Å². The Balaban J connectivity index is 1.91. The number of nitrogens with zero attached hydrogens (tertiary/aromatic N) is 3. The number of fused-ring (bicyclic) bond motifs is 3. The zero-order valence-corrected chi connectivity index (χ0v) is 11.5. The summed E-state index contributed by atoms with van der Waals surface area (Å²) in [5.74, 6) is 0.842. The van der Waals surface area contributed by atoms with Crippen LogP contribution in [0.3, 0.4) is 0 Å². The Labute approximate surface area is 121 Å². The molecular weight excluding hydrogens is 262 g/mol. The van der Waals surface area contributed by atoms with Gasteiger partial charge in [-0.25, -0.2) is 9.97 Å². The Hall–Kier alpha value is -2.88. The minimum Gasteiger partial charge on any atom is -0.497 e. The molecular formula is C17H13N3O. The first-order valence-corrected chi connectivity index (χ1v) is 6.72. The molecule has 0 N–H and O–H groups in total. The van der Waals surface area contributed by atoms with Crippen LogP contribution in [0, 0.1) is 0 Å². The van der Waals surface area contributed by atoms with Crippen LogP contribution in [0.5, 0.6) is 5.75 Å². The fourth-order valence-corrected chi connectivity index (χ4v) is 2.48. The van der Waals surface area contributed by atoms with Gasteiger partial charge in [0.25, 0.3) is 0 Å². The summed E-state index contributed by atoms with van der Waals surface area (Å²) in [5.41, 5.74) is 3.86. The van der Waals surface area contributed by atoms with Crippen molar-refractivity contribution < 1.29 is 4.74 Å². The lowest BCUT2D eigenvalue weighted by molar-refractivity contribution is 0.415. The standard InChI is InChI=1S/C17H13N3O/c1-21-13-8-6-12(7-9-13)16-10-20-11-18-15-5-3-2-4-14(15)17(20)19-16/h2-11H,1H3. The van der Waals surface area contributed by atoms with Gasteiger partial charge >= 0.3 is 0 Å². The molecule has 0 radical (unpaired) electrons. The smallest absolute Gasteiger partial charge is 0.148 e. The second kappa shape index (κ2) is 4.59. The van der Waals surface area contributed by atoms with Gasteiger partial charge in [-0.15, -0.1) is 0 Å². The fraction of sp³-hybridized carbons (Fsp3) is 0.0588. The van der Waals surface area contributed by atoms with Crippen LogP contribution in [-0.4, -0.2) is 21.5 Å². The highest BCUT2D eigenvalue weighted by Gasteiger charge is 2.08. The molecule has 102 valence electrons. The predicted octanol–water partition coefficient (Wildman–Crippen LogP) is 3.56. The van der Waals surface area contributed by atoms with Gasteiger partial charge in [-0.1, -0.05) is 12.1 Å². The first-order chi connectivity index (χ1) is 10.3. The fourth-order valence-electron chi connectivity index (χ4n) is 2.48. The van der Waals surface area contributed by atoms with Crippen molar-refractivity contribution in [1.29, 1.82) is 0 Å². The molecule has 4 rings (SSSR count). The van der Waals surface area contributed by atoms with E-state index in [0.717, 1.165) is 33.6 Å². The summed E-state index contributed by atoms with van der Waals surface area (Å²) in [7, 11) is 1.66. The number of benzene rings is 2. The largest absolute Gasteiger partial charge is 0.497 e. The lowest BCUT2D eigenvalue weighted by Gasteiger charge is -2.00. The molecule has 0 aliphatic rings. The van der Waals surface area contributed by atoms with E-state index in [9.17, 15) is 0 Å². The van der Waals surface area contributed by atoms with E-state index in [0.29, 0.717) is 0 Å². The summed E-state index contributed by atoms with van der Waals surface area (Å²) in [6.07, 6.45) is 3.80. The topological polar surface area (TPSA) is 39.4 Å². The highest BCUT2D eigenvalue weighted by molar-refractivity contribution is 5.91. The molecule has 0 saturated carbocycles. The molecule has 21 heavy (non-hydrogen) atoms. The number of hydrogen-bond donors (Lipinski definition) is 0. The molecule has 4 aromatic rings. The quantitative estimate of drug-likeness (QED) is 0.561. The van der Waals surface area contributed by atoms with Gasteiger partial charge in [0.2, 0.25) is 0 Å². The van der Waals surface area contributed by atoms with Crippen LogP contribution >= 0.6 is 0 Å². The second-order valence-electron chi connectivity index (χ2n) is 4.85. The molecule has 0 aliphatic heterocycles. The average molecular weight is 275 g/mol. The number of imidazole rings is 1. The maximum atomic E-state index is 5.19. The SMILES string of the molecule is COc1ccc(-c2cn3cnc4ccccc4c3n2)cc1. The van der Waals surface area contributed by atoms with E-state index in [1.54, 1.807) is 13.4 Å². The minimum absolute atomic E-state index is 0.842. The van der Waals surface area contributed by atoms with Gasteiger partial charge in [0.05, 0.1) is 18.3 Å². The molecule has 0 amide bonds. The number of rotatable bonds is 2. The summed E-state index contributed by atoms with van der Waals surface area (Å²) in [6.45, 7) is 0. The Kier molecular flexibility index (Phi) is 2.60. The molecule has 0 fully saturated rings. The molecule has 0 bridgehead atoms. The van der Waals surface area contributed by atoms with Crippen molar-refractivity contribution in [3.8, 4) is 17.0 Å². The summed E-state index contributed by atoms with van der Waals surface area (Å²) in [5, 5.41) is 1.06. The van der Waals surface area contributed by atoms with Gasteiger partial charge in [0.15, 0.2) is 0 Å². The molecule has 0 spiro atoms. The average Bonchev–Trinajstić information content (AvgIpc) is 2.99. The van der Waals surface area contributed by atoms with Crippen molar-refractivity contribution in [3.05, 3.63) is 61.1 Å². The highest BCUT2D eigenvalue weighted by Crippen LogP contribution is 2.24. The minimum atomic E-state index is 0.842. The Morgan fingerprint density at radius 3 is 2.62 bits per heavy atom. The van der Waals surface area contributed by atoms with Gasteiger partial charge < -0.3 is 4.74 Å². The maximum Gasteiger partial charge on any atom is 0.148 e. The zero-order chi connectivity index (χ0) is 14.2. The van der Waals surface area contributed by atoms with Crippen LogP contribution in [-0.2, 0) is 0 Å². The van der Waals surface area contributed by atoms with Crippen molar-refractivity contribution in [3.63, 3.8) is 0 Å². The van der Waals surface area contributed by atoms with Crippen LogP contribution < -0.4 is 4.74 Å². The van der Waals surface area contributed by atoms with Gasteiger partial charge in [-0.3, -0.25) is 4.40 Å². The second-order valence-corrected chi connectivity index (χ2v) is 4.85. The number of methoxy groups -OCH3 is 1. The third kappa shape index (κ3) is 1.92. The highest BCUT2D eigenvalue weighted by atomic mass is 16.5. The third-order valence-electron chi connectivity index (χ3n) is 3.58. The van der Waals surface area contributed by atoms with Crippen LogP contribution in [0.4, 0.5) is 0 Å². The summed E-state index contributed by atoms with van der Waals surface area (Å²) in [6, 6.07) is 15.9. The summed E-state index contributed by atoms with van der Waals surface area (Å²) < 4.78 is 7.15. The van der Waals surface area contributed by atoms with Crippen LogP contribution in [0.15, 0.2) is 61.1 Å². The number of ether oxygens (including phenoxy) is 1. The van der Waals surface area contributed by atoms with Crippen molar-refractivity contribution >= 4 is 16.6 Å². The van der Waals surface area contributed by atoms with Crippen molar-refractivity contribution in [1.82, 2.24) is 14.4 Å². The van der Waals surface area contributed by atoms with Crippen molar-refractivity contribution in [2.24, 2.45) is 0 Å². The van der Waals surface area contributed by atoms with Gasteiger partial charge in [-0.05, 0) is 36.4 Å². The van der Waals surface area contributed by atoms with E-state index >= 15 is 0 Å². The molecule has 2 heterocycles. The molecule has 4 heteroatoms. The van der Waals surface area contributed by atoms with Crippen LogP contribution in [0.2, 0.25) is 0 Å². The molecule has 0 atom stereocenters. The van der Waals surface area contributed by atoms with E-state index in [1.807, 2.05) is 59.1 Å². The van der Waals surface area contributed by atoms with E-state index in [1.165, 1.54) is 0 Å². The molecule has 0 unspecified atom stereocenters. The summed E-state index contributed by atoms with van der Waals surface area (Å²) >= 11 is 0. The molecule has 0 aliphatic carbocycles. The third-order valence-corrected chi connectivity index (χ3v) is 3.58. The Morgan fingerprint density at radius 2 is 1.81 bits per heavy atom. The van der Waals surface area contributed by atoms with Gasteiger partial charge in [-0.2, -0.15) is 0 Å². The van der Waals surface area contributed by atoms with Crippen molar-refractivity contribution in [2.75, 3.05) is 7.11 Å². The maximum absolute atomic E-state index is 5.19. The first kappa shape index (κ1) is 11.9. The number of hydrogen-bond acceptors (Lipinski definition) is 3. The van der Waals surface area contributed by atoms with Gasteiger partial charge in [0, 0.05) is 17.1 Å². The Bertz CT molecular complexity index is 926. The molecule has 2 aromatic heterocycles. The number of para-hydroxylation sites is 1. The number of aromatic nitrogens is 3. The van der Waals surface area contributed by atoms with E-state index < -0.39 is 0 Å². The van der Waals surface area contributed by atoms with Crippen molar-refractivity contribution in [2.45, 2.75) is 0 Å². The van der Waals surface area contributed by atoms with E-state index in [4.69, 9.17) is 9.72 Å². The summed E-state index contributed by atoms with van der Waals surface area (Å²) in [4.78, 5) is 9.20. The molecule has 2 aromatic carbocycles. The normalized spacial score (nSPS) is 11.1. The molecule has 4 nitrogen and oxygen atoms in total.